The van der Waals surface area contributed by atoms with Crippen molar-refractivity contribution >= 4 is 11.7 Å². The van der Waals surface area contributed by atoms with Crippen LogP contribution in [-0.4, -0.2) is 33.3 Å². The molecule has 0 atom stereocenters. The van der Waals surface area contributed by atoms with Gasteiger partial charge in [0.15, 0.2) is 0 Å². The fraction of sp³-hybridized carbons (Fsp3) is 0.174. The molecule has 0 radical (unpaired) electrons. The van der Waals surface area contributed by atoms with Crippen LogP contribution in [0.4, 0.5) is 5.69 Å². The van der Waals surface area contributed by atoms with E-state index < -0.39 is 5.97 Å². The standard InChI is InChI=1S/C23H23NO4/c1-24-22-12-11-20(16-21(22)23(25)26-2)28-14-13-27-19-10-6-9-18(15-19)17-7-4-3-5-8-17/h3-12,15-16,24H,13-14H2,1-2H3. The maximum Gasteiger partial charge on any atom is 0.340 e. The zero-order valence-corrected chi connectivity index (χ0v) is 16.0. The molecule has 5 heteroatoms. The minimum atomic E-state index is -0.413. The summed E-state index contributed by atoms with van der Waals surface area (Å²) in [6.07, 6.45) is 0. The lowest BCUT2D eigenvalue weighted by molar-refractivity contribution is 0.0601. The number of anilines is 1. The van der Waals surface area contributed by atoms with Crippen molar-refractivity contribution in [3.05, 3.63) is 78.4 Å². The van der Waals surface area contributed by atoms with Crippen LogP contribution in [0.5, 0.6) is 11.5 Å². The molecule has 0 fully saturated rings. The maximum absolute atomic E-state index is 11.9. The number of nitrogens with one attached hydrogen (secondary N) is 1. The van der Waals surface area contributed by atoms with Gasteiger partial charge < -0.3 is 19.5 Å². The third-order valence-corrected chi connectivity index (χ3v) is 4.23. The number of carbonyl (C=O) groups is 1. The topological polar surface area (TPSA) is 56.8 Å². The number of esters is 1. The number of benzene rings is 3. The van der Waals surface area contributed by atoms with Gasteiger partial charge in [-0.25, -0.2) is 4.79 Å². The Morgan fingerprint density at radius 2 is 1.50 bits per heavy atom. The lowest BCUT2D eigenvalue weighted by Crippen LogP contribution is -2.10. The molecule has 0 amide bonds. The third-order valence-electron chi connectivity index (χ3n) is 4.23. The monoisotopic (exact) mass is 377 g/mol. The van der Waals surface area contributed by atoms with Gasteiger partial charge in [0.05, 0.1) is 12.7 Å². The van der Waals surface area contributed by atoms with Gasteiger partial charge in [-0.05, 0) is 41.5 Å². The molecule has 0 aromatic heterocycles. The van der Waals surface area contributed by atoms with E-state index in [4.69, 9.17) is 14.2 Å². The molecule has 28 heavy (non-hydrogen) atoms. The first-order chi connectivity index (χ1) is 13.7. The zero-order chi connectivity index (χ0) is 19.8. The van der Waals surface area contributed by atoms with Crippen molar-refractivity contribution in [2.45, 2.75) is 0 Å². The Morgan fingerprint density at radius 1 is 0.821 bits per heavy atom. The average molecular weight is 377 g/mol. The Kier molecular flexibility index (Phi) is 6.52. The van der Waals surface area contributed by atoms with Gasteiger partial charge in [0.25, 0.3) is 0 Å². The van der Waals surface area contributed by atoms with Gasteiger partial charge in [-0.2, -0.15) is 0 Å². The number of hydrogen-bond donors (Lipinski definition) is 1. The number of methoxy groups -OCH3 is 1. The maximum atomic E-state index is 11.9. The molecule has 144 valence electrons. The number of ether oxygens (including phenoxy) is 3. The van der Waals surface area contributed by atoms with E-state index in [2.05, 4.69) is 23.5 Å². The zero-order valence-electron chi connectivity index (χ0n) is 16.0. The van der Waals surface area contributed by atoms with Crippen molar-refractivity contribution in [3.63, 3.8) is 0 Å². The SMILES string of the molecule is CNc1ccc(OCCOc2cccc(-c3ccccc3)c2)cc1C(=O)OC. The molecule has 0 aliphatic rings. The van der Waals surface area contributed by atoms with Gasteiger partial charge in [-0.3, -0.25) is 0 Å². The van der Waals surface area contributed by atoms with Crippen molar-refractivity contribution in [2.75, 3.05) is 32.7 Å². The van der Waals surface area contributed by atoms with Crippen LogP contribution in [0.25, 0.3) is 11.1 Å². The quantitative estimate of drug-likeness (QED) is 0.458. The van der Waals surface area contributed by atoms with Crippen LogP contribution in [0.15, 0.2) is 72.8 Å². The van der Waals surface area contributed by atoms with Crippen LogP contribution in [0, 0.1) is 0 Å². The molecule has 0 heterocycles. The van der Waals surface area contributed by atoms with Crippen molar-refractivity contribution < 1.29 is 19.0 Å². The van der Waals surface area contributed by atoms with Gasteiger partial charge in [-0.1, -0.05) is 42.5 Å². The molecule has 0 aliphatic carbocycles. The second-order valence-electron chi connectivity index (χ2n) is 6.04. The van der Waals surface area contributed by atoms with E-state index in [1.165, 1.54) is 7.11 Å². The van der Waals surface area contributed by atoms with Gasteiger partial charge in [0.2, 0.25) is 0 Å². The number of hydrogen-bond acceptors (Lipinski definition) is 5. The van der Waals surface area contributed by atoms with E-state index in [0.717, 1.165) is 16.9 Å². The predicted octanol–water partition coefficient (Wildman–Crippen LogP) is 4.64. The lowest BCUT2D eigenvalue weighted by Gasteiger charge is -2.12. The van der Waals surface area contributed by atoms with E-state index >= 15 is 0 Å². The molecule has 3 aromatic carbocycles. The van der Waals surface area contributed by atoms with E-state index in [1.54, 1.807) is 25.2 Å². The van der Waals surface area contributed by atoms with Gasteiger partial charge in [0.1, 0.15) is 24.7 Å². The molecule has 0 bridgehead atoms. The molecule has 0 saturated carbocycles. The first-order valence-corrected chi connectivity index (χ1v) is 9.02. The van der Waals surface area contributed by atoms with Crippen molar-refractivity contribution in [1.82, 2.24) is 0 Å². The molecule has 3 rings (SSSR count). The smallest absolute Gasteiger partial charge is 0.340 e. The van der Waals surface area contributed by atoms with Crippen LogP contribution < -0.4 is 14.8 Å². The Morgan fingerprint density at radius 3 is 2.18 bits per heavy atom. The molecule has 5 nitrogen and oxygen atoms in total. The molecule has 1 N–H and O–H groups in total. The minimum Gasteiger partial charge on any atom is -0.490 e. The summed E-state index contributed by atoms with van der Waals surface area (Å²) >= 11 is 0. The summed E-state index contributed by atoms with van der Waals surface area (Å²) in [5.74, 6) is 0.954. The number of carbonyl (C=O) groups excluding carboxylic acids is 1. The summed E-state index contributed by atoms with van der Waals surface area (Å²) in [6.45, 7) is 0.745. The Bertz CT molecular complexity index is 925. The van der Waals surface area contributed by atoms with E-state index in [0.29, 0.717) is 30.2 Å². The summed E-state index contributed by atoms with van der Waals surface area (Å²) in [7, 11) is 3.10. The Balaban J connectivity index is 1.57. The highest BCUT2D eigenvalue weighted by molar-refractivity contribution is 5.96. The van der Waals surface area contributed by atoms with Crippen LogP contribution in [0.1, 0.15) is 10.4 Å². The minimum absolute atomic E-state index is 0.356. The second-order valence-corrected chi connectivity index (χ2v) is 6.04. The van der Waals surface area contributed by atoms with E-state index in [-0.39, 0.29) is 0 Å². The van der Waals surface area contributed by atoms with Crippen molar-refractivity contribution in [1.29, 1.82) is 0 Å². The molecule has 0 saturated heterocycles. The van der Waals surface area contributed by atoms with Crippen LogP contribution in [-0.2, 0) is 4.74 Å². The molecular weight excluding hydrogens is 354 g/mol. The number of rotatable bonds is 8. The van der Waals surface area contributed by atoms with Gasteiger partial charge in [-0.15, -0.1) is 0 Å². The second kappa shape index (κ2) is 9.46. The Hall–Kier alpha value is -3.47. The molecule has 3 aromatic rings. The molecular formula is C23H23NO4. The first-order valence-electron chi connectivity index (χ1n) is 9.02. The normalized spacial score (nSPS) is 10.2. The van der Waals surface area contributed by atoms with E-state index in [1.807, 2.05) is 36.4 Å². The van der Waals surface area contributed by atoms with Crippen molar-refractivity contribution in [3.8, 4) is 22.6 Å². The highest BCUT2D eigenvalue weighted by Crippen LogP contribution is 2.24. The van der Waals surface area contributed by atoms with Crippen LogP contribution >= 0.6 is 0 Å². The fourth-order valence-corrected chi connectivity index (χ4v) is 2.83. The summed E-state index contributed by atoms with van der Waals surface area (Å²) in [5, 5.41) is 2.96. The lowest BCUT2D eigenvalue weighted by atomic mass is 10.1. The summed E-state index contributed by atoms with van der Waals surface area (Å²) in [4.78, 5) is 11.9. The highest BCUT2D eigenvalue weighted by Gasteiger charge is 2.12. The largest absolute Gasteiger partial charge is 0.490 e. The van der Waals surface area contributed by atoms with E-state index in [9.17, 15) is 4.79 Å². The van der Waals surface area contributed by atoms with Crippen LogP contribution in [0.3, 0.4) is 0 Å². The Labute approximate surface area is 164 Å². The highest BCUT2D eigenvalue weighted by atomic mass is 16.5. The van der Waals surface area contributed by atoms with Gasteiger partial charge in [0, 0.05) is 12.7 Å². The first kappa shape index (κ1) is 19.3. The fourth-order valence-electron chi connectivity index (χ4n) is 2.83. The summed E-state index contributed by atoms with van der Waals surface area (Å²) < 4.78 is 16.3. The predicted molar refractivity (Wildman–Crippen MR) is 110 cm³/mol. The molecule has 0 unspecified atom stereocenters. The van der Waals surface area contributed by atoms with Crippen molar-refractivity contribution in [2.24, 2.45) is 0 Å². The van der Waals surface area contributed by atoms with Gasteiger partial charge >= 0.3 is 5.97 Å². The average Bonchev–Trinajstić information content (AvgIpc) is 2.77. The summed E-state index contributed by atoms with van der Waals surface area (Å²) in [6, 6.07) is 23.3. The van der Waals surface area contributed by atoms with Crippen LogP contribution in [0.2, 0.25) is 0 Å². The third kappa shape index (κ3) is 4.82. The molecule has 0 spiro atoms. The molecule has 0 aliphatic heterocycles. The summed E-state index contributed by atoms with van der Waals surface area (Å²) in [5.41, 5.74) is 3.36.